The van der Waals surface area contributed by atoms with E-state index in [-0.39, 0.29) is 23.1 Å². The molecule has 3 heteroatoms. The summed E-state index contributed by atoms with van der Waals surface area (Å²) < 4.78 is 4.36. The molecule has 0 N–H and O–H groups in total. The van der Waals surface area contributed by atoms with E-state index in [1.54, 1.807) is 13.8 Å². The van der Waals surface area contributed by atoms with E-state index >= 15 is 0 Å². The molecule has 0 saturated carbocycles. The molecular formula is C4H9BrO2. The Bertz CT molecular complexity index is 45.0. The molecule has 0 rings (SSSR count). The van der Waals surface area contributed by atoms with E-state index in [1.165, 1.54) is 0 Å². The predicted octanol–water partition coefficient (Wildman–Crippen LogP) is 1.15. The monoisotopic (exact) mass is 168 g/mol. The average Bonchev–Trinajstić information content (AvgIpc) is 1.35. The molecule has 2 nitrogen and oxygen atoms in total. The van der Waals surface area contributed by atoms with Crippen LogP contribution in [0.5, 0.6) is 0 Å². The molecule has 0 spiro atoms. The average molecular weight is 169 g/mol. The molecule has 44 valence electrons. The van der Waals surface area contributed by atoms with Gasteiger partial charge in [0.05, 0.1) is 6.10 Å². The van der Waals surface area contributed by atoms with Crippen molar-refractivity contribution in [1.29, 1.82) is 0 Å². The van der Waals surface area contributed by atoms with Crippen LogP contribution in [0.1, 0.15) is 13.8 Å². The van der Waals surface area contributed by atoms with E-state index in [2.05, 4.69) is 4.74 Å². The van der Waals surface area contributed by atoms with Crippen LogP contribution in [0.25, 0.3) is 0 Å². The Kier molecular flexibility index (Phi) is 8.54. The van der Waals surface area contributed by atoms with Crippen LogP contribution >= 0.6 is 17.0 Å². The van der Waals surface area contributed by atoms with Gasteiger partial charge >= 0.3 is 0 Å². The van der Waals surface area contributed by atoms with Crippen molar-refractivity contribution in [2.24, 2.45) is 0 Å². The lowest BCUT2D eigenvalue weighted by molar-refractivity contribution is -0.131. The minimum absolute atomic E-state index is 0. The van der Waals surface area contributed by atoms with E-state index < -0.39 is 0 Å². The minimum Gasteiger partial charge on any atom is -0.465 e. The molecule has 0 aliphatic heterocycles. The topological polar surface area (TPSA) is 26.3 Å². The molecule has 0 saturated heterocycles. The Morgan fingerprint density at radius 2 is 2.00 bits per heavy atom. The molecule has 0 radical (unpaired) electrons. The second-order valence-electron chi connectivity index (χ2n) is 1.28. The molecule has 0 heterocycles. The van der Waals surface area contributed by atoms with Gasteiger partial charge in [-0.2, -0.15) is 0 Å². The molecule has 0 aromatic carbocycles. The molecule has 0 bridgehead atoms. The summed E-state index contributed by atoms with van der Waals surface area (Å²) >= 11 is 0. The number of halogens is 1. The molecule has 0 atom stereocenters. The van der Waals surface area contributed by atoms with Crippen LogP contribution in [0, 0.1) is 0 Å². The Morgan fingerprint density at radius 3 is 2.00 bits per heavy atom. The molecule has 0 aliphatic carbocycles. The SMILES string of the molecule is Br.CC(C)OC=O. The number of hydrogen-bond donors (Lipinski definition) is 0. The Balaban J connectivity index is 0. The van der Waals surface area contributed by atoms with Crippen LogP contribution in [0.2, 0.25) is 0 Å². The molecule has 0 aliphatic rings. The first-order chi connectivity index (χ1) is 2.77. The van der Waals surface area contributed by atoms with Crippen molar-refractivity contribution in [3.63, 3.8) is 0 Å². The third-order valence-electron chi connectivity index (χ3n) is 0.328. The lowest BCUT2D eigenvalue weighted by atomic mass is 10.5. The predicted molar refractivity (Wildman–Crippen MR) is 32.6 cm³/mol. The summed E-state index contributed by atoms with van der Waals surface area (Å²) in [5.41, 5.74) is 0. The van der Waals surface area contributed by atoms with Crippen LogP contribution in [0.15, 0.2) is 0 Å². The fourth-order valence-electron chi connectivity index (χ4n) is 0.111. The summed E-state index contributed by atoms with van der Waals surface area (Å²) in [5, 5.41) is 0. The van der Waals surface area contributed by atoms with Crippen LogP contribution < -0.4 is 0 Å². The highest BCUT2D eigenvalue weighted by atomic mass is 79.9. The second kappa shape index (κ2) is 5.95. The minimum atomic E-state index is 0. The maximum Gasteiger partial charge on any atom is 0.293 e. The van der Waals surface area contributed by atoms with Gasteiger partial charge in [0, 0.05) is 0 Å². The third kappa shape index (κ3) is 10.7. The second-order valence-corrected chi connectivity index (χ2v) is 1.28. The fraction of sp³-hybridized carbons (Fsp3) is 0.750. The molecule has 7 heavy (non-hydrogen) atoms. The van der Waals surface area contributed by atoms with Crippen LogP contribution in [-0.4, -0.2) is 12.6 Å². The maximum absolute atomic E-state index is 9.39. The number of carbonyl (C=O) groups excluding carboxylic acids is 1. The zero-order chi connectivity index (χ0) is 4.99. The van der Waals surface area contributed by atoms with Gasteiger partial charge in [0.15, 0.2) is 0 Å². The third-order valence-corrected chi connectivity index (χ3v) is 0.328. The normalized spacial score (nSPS) is 7.29. The molecule has 0 fully saturated rings. The summed E-state index contributed by atoms with van der Waals surface area (Å²) in [6.07, 6.45) is 0.0301. The largest absolute Gasteiger partial charge is 0.465 e. The highest BCUT2D eigenvalue weighted by molar-refractivity contribution is 8.93. The number of hydrogen-bond acceptors (Lipinski definition) is 2. The quantitative estimate of drug-likeness (QED) is 0.579. The van der Waals surface area contributed by atoms with Gasteiger partial charge < -0.3 is 4.74 Å². The van der Waals surface area contributed by atoms with E-state index in [4.69, 9.17) is 0 Å². The summed E-state index contributed by atoms with van der Waals surface area (Å²) in [4.78, 5) is 9.39. The first-order valence-corrected chi connectivity index (χ1v) is 1.86. The summed E-state index contributed by atoms with van der Waals surface area (Å²) in [6, 6.07) is 0. The molecule has 0 aromatic heterocycles. The Morgan fingerprint density at radius 1 is 1.57 bits per heavy atom. The van der Waals surface area contributed by atoms with Gasteiger partial charge in [0.1, 0.15) is 0 Å². The Labute approximate surface area is 53.6 Å². The van der Waals surface area contributed by atoms with Crippen LogP contribution in [0.3, 0.4) is 0 Å². The van der Waals surface area contributed by atoms with Crippen molar-refractivity contribution >= 4 is 23.5 Å². The van der Waals surface area contributed by atoms with Gasteiger partial charge in [-0.1, -0.05) is 0 Å². The first kappa shape index (κ1) is 10.0. The summed E-state index contributed by atoms with van der Waals surface area (Å²) in [6.45, 7) is 4.05. The van der Waals surface area contributed by atoms with Crippen molar-refractivity contribution in [2.45, 2.75) is 20.0 Å². The number of ether oxygens (including phenoxy) is 1. The first-order valence-electron chi connectivity index (χ1n) is 1.86. The van der Waals surface area contributed by atoms with Crippen molar-refractivity contribution in [3.8, 4) is 0 Å². The standard InChI is InChI=1S/C4H8O2.BrH/c1-4(2)6-3-5;/h3-4H,1-2H3;1H. The smallest absolute Gasteiger partial charge is 0.293 e. The van der Waals surface area contributed by atoms with Gasteiger partial charge in [-0.05, 0) is 13.8 Å². The van der Waals surface area contributed by atoms with E-state index in [9.17, 15) is 4.79 Å². The van der Waals surface area contributed by atoms with Crippen molar-refractivity contribution in [3.05, 3.63) is 0 Å². The highest BCUT2D eigenvalue weighted by Gasteiger charge is 1.83. The van der Waals surface area contributed by atoms with Gasteiger partial charge in [-0.15, -0.1) is 17.0 Å². The summed E-state index contributed by atoms with van der Waals surface area (Å²) in [7, 11) is 0. The lowest BCUT2D eigenvalue weighted by Gasteiger charge is -1.96. The fourth-order valence-corrected chi connectivity index (χ4v) is 0.111. The molecule has 0 unspecified atom stereocenters. The van der Waals surface area contributed by atoms with Crippen LogP contribution in [-0.2, 0) is 9.53 Å². The van der Waals surface area contributed by atoms with E-state index in [0.717, 1.165) is 0 Å². The van der Waals surface area contributed by atoms with Gasteiger partial charge in [0.2, 0.25) is 0 Å². The van der Waals surface area contributed by atoms with Crippen molar-refractivity contribution in [1.82, 2.24) is 0 Å². The lowest BCUT2D eigenvalue weighted by Crippen LogP contribution is -1.98. The zero-order valence-electron chi connectivity index (χ0n) is 4.38. The number of rotatable bonds is 2. The van der Waals surface area contributed by atoms with Gasteiger partial charge in [-0.3, -0.25) is 4.79 Å². The van der Waals surface area contributed by atoms with Crippen molar-refractivity contribution < 1.29 is 9.53 Å². The Hall–Kier alpha value is -0.0500. The van der Waals surface area contributed by atoms with E-state index in [0.29, 0.717) is 6.47 Å². The zero-order valence-corrected chi connectivity index (χ0v) is 6.09. The molecule has 0 aromatic rings. The van der Waals surface area contributed by atoms with Crippen molar-refractivity contribution in [2.75, 3.05) is 0 Å². The number of carbonyl (C=O) groups is 1. The van der Waals surface area contributed by atoms with Crippen LogP contribution in [0.4, 0.5) is 0 Å². The highest BCUT2D eigenvalue weighted by Crippen LogP contribution is 1.79. The van der Waals surface area contributed by atoms with Gasteiger partial charge in [-0.25, -0.2) is 0 Å². The molecular weight excluding hydrogens is 160 g/mol. The van der Waals surface area contributed by atoms with Gasteiger partial charge in [0.25, 0.3) is 6.47 Å². The summed E-state index contributed by atoms with van der Waals surface area (Å²) in [5.74, 6) is 0. The maximum atomic E-state index is 9.39. The van der Waals surface area contributed by atoms with E-state index in [1.807, 2.05) is 0 Å². The molecule has 0 amide bonds.